The molecule has 1 aromatic carbocycles. The van der Waals surface area contributed by atoms with Gasteiger partial charge in [-0.3, -0.25) is 0 Å². The highest BCUT2D eigenvalue weighted by Gasteiger charge is 2.16. The third kappa shape index (κ3) is 5.41. The lowest BCUT2D eigenvalue weighted by Crippen LogP contribution is -2.23. The van der Waals surface area contributed by atoms with E-state index in [1.807, 2.05) is 0 Å². The van der Waals surface area contributed by atoms with E-state index in [1.165, 1.54) is 12.1 Å². The van der Waals surface area contributed by atoms with E-state index in [0.717, 1.165) is 6.07 Å². The summed E-state index contributed by atoms with van der Waals surface area (Å²) < 4.78 is 10.6. The number of hydrogen-bond donors (Lipinski definition) is 3. The number of carbonyl (C=O) groups is 2. The molecule has 7 nitrogen and oxygen atoms in total. The number of aliphatic hydroxyl groups is 1. The quantitative estimate of drug-likeness (QED) is 0.661. The predicted octanol–water partition coefficient (Wildman–Crippen LogP) is 1.25. The fraction of sp³-hybridized carbons (Fsp3) is 0.429. The summed E-state index contributed by atoms with van der Waals surface area (Å²) in [5.41, 5.74) is -0.185. The van der Waals surface area contributed by atoms with Crippen molar-refractivity contribution in [3.05, 3.63) is 29.3 Å². The summed E-state index contributed by atoms with van der Waals surface area (Å²) in [6.07, 6.45) is -0.993. The van der Waals surface area contributed by atoms with Crippen LogP contribution in [0, 0.1) is 0 Å². The first-order chi connectivity index (χ1) is 9.81. The molecule has 3 N–H and O–H groups in total. The summed E-state index contributed by atoms with van der Waals surface area (Å²) in [5, 5.41) is 27.0. The van der Waals surface area contributed by atoms with Gasteiger partial charge in [0.05, 0.1) is 24.4 Å². The van der Waals surface area contributed by atoms with E-state index in [-0.39, 0.29) is 36.2 Å². The van der Waals surface area contributed by atoms with Crippen LogP contribution in [0.1, 0.15) is 34.6 Å². The van der Waals surface area contributed by atoms with Crippen LogP contribution in [0.4, 0.5) is 0 Å². The molecule has 0 aromatic heterocycles. The van der Waals surface area contributed by atoms with Gasteiger partial charge in [0.2, 0.25) is 0 Å². The number of carboxylic acid groups (broad SMARTS) is 2. The first kappa shape index (κ1) is 16.9. The maximum Gasteiger partial charge on any atom is 0.339 e. The van der Waals surface area contributed by atoms with Crippen molar-refractivity contribution in [3.8, 4) is 5.75 Å². The van der Waals surface area contributed by atoms with Crippen molar-refractivity contribution in [2.45, 2.75) is 26.1 Å². The molecule has 1 aromatic rings. The van der Waals surface area contributed by atoms with Crippen LogP contribution < -0.4 is 4.74 Å². The number of ether oxygens (including phenoxy) is 2. The summed E-state index contributed by atoms with van der Waals surface area (Å²) in [5.74, 6) is -2.41. The predicted molar refractivity (Wildman–Crippen MR) is 73.0 cm³/mol. The van der Waals surface area contributed by atoms with Crippen LogP contribution in [0.2, 0.25) is 0 Å². The number of aromatic carboxylic acids is 2. The summed E-state index contributed by atoms with van der Waals surface area (Å²) >= 11 is 0. The molecule has 0 heterocycles. The Hall–Kier alpha value is -2.12. The van der Waals surface area contributed by atoms with Gasteiger partial charge in [-0.25, -0.2) is 9.59 Å². The zero-order chi connectivity index (χ0) is 16.0. The Kier molecular flexibility index (Phi) is 6.13. The Morgan fingerprint density at radius 1 is 1.14 bits per heavy atom. The summed E-state index contributed by atoms with van der Waals surface area (Å²) in [7, 11) is 0. The second kappa shape index (κ2) is 7.61. The van der Waals surface area contributed by atoms with E-state index in [1.54, 1.807) is 13.8 Å². The molecule has 2 unspecified atom stereocenters. The van der Waals surface area contributed by atoms with Gasteiger partial charge in [-0.1, -0.05) is 0 Å². The van der Waals surface area contributed by atoms with E-state index in [0.29, 0.717) is 0 Å². The van der Waals surface area contributed by atoms with Gasteiger partial charge in [-0.05, 0) is 32.0 Å². The molecule has 116 valence electrons. The van der Waals surface area contributed by atoms with E-state index >= 15 is 0 Å². The Bertz CT molecular complexity index is 510. The van der Waals surface area contributed by atoms with E-state index in [2.05, 4.69) is 0 Å². The zero-order valence-corrected chi connectivity index (χ0v) is 11.8. The minimum atomic E-state index is -1.21. The smallest absolute Gasteiger partial charge is 0.339 e. The molecule has 0 amide bonds. The van der Waals surface area contributed by atoms with Crippen LogP contribution in [-0.2, 0) is 4.74 Å². The van der Waals surface area contributed by atoms with Gasteiger partial charge in [-0.2, -0.15) is 0 Å². The van der Waals surface area contributed by atoms with Crippen molar-refractivity contribution >= 4 is 11.9 Å². The first-order valence-electron chi connectivity index (χ1n) is 6.34. The highest BCUT2D eigenvalue weighted by molar-refractivity contribution is 5.94. The molecule has 0 aliphatic heterocycles. The standard InChI is InChI=1S/C14H18O7/c1-8(15)6-20-9(2)7-21-12-5-10(13(16)17)3-4-11(12)14(18)19/h3-5,8-9,15H,6-7H2,1-2H3,(H,16,17)(H,18,19). The van der Waals surface area contributed by atoms with Crippen LogP contribution in [0.3, 0.4) is 0 Å². The fourth-order valence-corrected chi connectivity index (χ4v) is 1.51. The Balaban J connectivity index is 2.78. The van der Waals surface area contributed by atoms with Gasteiger partial charge in [0.15, 0.2) is 0 Å². The molecule has 0 aliphatic carbocycles. The molecule has 0 bridgehead atoms. The average molecular weight is 298 g/mol. The molecular weight excluding hydrogens is 280 g/mol. The fourth-order valence-electron chi connectivity index (χ4n) is 1.51. The van der Waals surface area contributed by atoms with E-state index in [4.69, 9.17) is 24.8 Å². The topological polar surface area (TPSA) is 113 Å². The molecule has 0 spiro atoms. The highest BCUT2D eigenvalue weighted by atomic mass is 16.5. The Morgan fingerprint density at radius 2 is 1.81 bits per heavy atom. The lowest BCUT2D eigenvalue weighted by Gasteiger charge is -2.16. The van der Waals surface area contributed by atoms with Crippen LogP contribution in [0.5, 0.6) is 5.75 Å². The SMILES string of the molecule is CC(O)COC(C)COc1cc(C(=O)O)ccc1C(=O)O. The van der Waals surface area contributed by atoms with Crippen molar-refractivity contribution in [2.24, 2.45) is 0 Å². The van der Waals surface area contributed by atoms with Crippen molar-refractivity contribution in [1.29, 1.82) is 0 Å². The summed E-state index contributed by atoms with van der Waals surface area (Å²) in [6, 6.07) is 3.54. The first-order valence-corrected chi connectivity index (χ1v) is 6.34. The number of hydrogen-bond acceptors (Lipinski definition) is 5. The number of carboxylic acids is 2. The number of aliphatic hydroxyl groups excluding tert-OH is 1. The third-order valence-electron chi connectivity index (χ3n) is 2.55. The lowest BCUT2D eigenvalue weighted by atomic mass is 10.1. The van der Waals surface area contributed by atoms with Crippen molar-refractivity contribution in [1.82, 2.24) is 0 Å². The highest BCUT2D eigenvalue weighted by Crippen LogP contribution is 2.21. The van der Waals surface area contributed by atoms with E-state index in [9.17, 15) is 9.59 Å². The number of rotatable bonds is 8. The molecule has 0 saturated carbocycles. The molecule has 2 atom stereocenters. The van der Waals surface area contributed by atoms with Crippen molar-refractivity contribution in [3.63, 3.8) is 0 Å². The second-order valence-electron chi connectivity index (χ2n) is 4.63. The van der Waals surface area contributed by atoms with Crippen molar-refractivity contribution < 1.29 is 34.4 Å². The molecular formula is C14H18O7. The summed E-state index contributed by atoms with van der Waals surface area (Å²) in [4.78, 5) is 22.0. The molecule has 0 radical (unpaired) electrons. The Labute approximate surface area is 121 Å². The largest absolute Gasteiger partial charge is 0.490 e. The lowest BCUT2D eigenvalue weighted by molar-refractivity contribution is -0.0133. The minimum absolute atomic E-state index is 0.0325. The van der Waals surface area contributed by atoms with Gasteiger partial charge in [-0.15, -0.1) is 0 Å². The molecule has 1 rings (SSSR count). The van der Waals surface area contributed by atoms with Crippen LogP contribution in [-0.4, -0.2) is 52.7 Å². The third-order valence-corrected chi connectivity index (χ3v) is 2.55. The maximum absolute atomic E-state index is 11.1. The summed E-state index contributed by atoms with van der Waals surface area (Å²) in [6.45, 7) is 3.44. The van der Waals surface area contributed by atoms with Gasteiger partial charge >= 0.3 is 11.9 Å². The van der Waals surface area contributed by atoms with Gasteiger partial charge in [0.1, 0.15) is 17.9 Å². The van der Waals surface area contributed by atoms with Crippen molar-refractivity contribution in [2.75, 3.05) is 13.2 Å². The average Bonchev–Trinajstić information content (AvgIpc) is 2.42. The monoisotopic (exact) mass is 298 g/mol. The molecule has 0 saturated heterocycles. The molecule has 21 heavy (non-hydrogen) atoms. The van der Waals surface area contributed by atoms with Gasteiger partial charge in [0.25, 0.3) is 0 Å². The molecule has 0 aliphatic rings. The minimum Gasteiger partial charge on any atom is -0.490 e. The molecule has 7 heteroatoms. The van der Waals surface area contributed by atoms with Crippen LogP contribution in [0.25, 0.3) is 0 Å². The second-order valence-corrected chi connectivity index (χ2v) is 4.63. The van der Waals surface area contributed by atoms with E-state index < -0.39 is 18.0 Å². The number of benzene rings is 1. The van der Waals surface area contributed by atoms with Gasteiger partial charge in [0, 0.05) is 0 Å². The van der Waals surface area contributed by atoms with Gasteiger partial charge < -0.3 is 24.8 Å². The molecule has 0 fully saturated rings. The Morgan fingerprint density at radius 3 is 2.33 bits per heavy atom. The normalized spacial score (nSPS) is 13.5. The zero-order valence-electron chi connectivity index (χ0n) is 11.8. The maximum atomic E-state index is 11.1. The van der Waals surface area contributed by atoms with Crippen LogP contribution in [0.15, 0.2) is 18.2 Å². The van der Waals surface area contributed by atoms with Crippen LogP contribution >= 0.6 is 0 Å².